The number of ether oxygens (including phenoxy) is 1. The van der Waals surface area contributed by atoms with Gasteiger partial charge in [0.2, 0.25) is 0 Å². The van der Waals surface area contributed by atoms with Crippen molar-refractivity contribution < 1.29 is 4.74 Å². The van der Waals surface area contributed by atoms with Crippen molar-refractivity contribution in [3.05, 3.63) is 48.1 Å². The van der Waals surface area contributed by atoms with E-state index in [4.69, 9.17) is 10.5 Å². The van der Waals surface area contributed by atoms with E-state index in [-0.39, 0.29) is 0 Å². The average Bonchev–Trinajstić information content (AvgIpc) is 2.43. The molecule has 0 aromatic heterocycles. The molecule has 0 aliphatic heterocycles. The first-order valence-electron chi connectivity index (χ1n) is 6.52. The fourth-order valence-electron chi connectivity index (χ4n) is 1.51. The molecule has 19 heavy (non-hydrogen) atoms. The maximum atomic E-state index is 5.60. The van der Waals surface area contributed by atoms with Gasteiger partial charge in [-0.15, -0.1) is 0 Å². The lowest BCUT2D eigenvalue weighted by Crippen LogP contribution is -1.95. The highest BCUT2D eigenvalue weighted by atomic mass is 16.5. The van der Waals surface area contributed by atoms with E-state index in [1.165, 1.54) is 5.57 Å². The zero-order valence-electron chi connectivity index (χ0n) is 11.7. The van der Waals surface area contributed by atoms with Crippen LogP contribution in [0.1, 0.15) is 19.8 Å². The maximum absolute atomic E-state index is 5.60. The van der Waals surface area contributed by atoms with Crippen LogP contribution >= 0.6 is 0 Å². The maximum Gasteiger partial charge on any atom is 0.119 e. The van der Waals surface area contributed by atoms with Crippen LogP contribution in [0.3, 0.4) is 0 Å². The second-order valence-electron chi connectivity index (χ2n) is 4.12. The van der Waals surface area contributed by atoms with Gasteiger partial charge in [0.1, 0.15) is 5.75 Å². The minimum Gasteiger partial charge on any atom is -0.493 e. The summed E-state index contributed by atoms with van der Waals surface area (Å²) in [5, 5.41) is 0. The Balaban J connectivity index is 2.28. The van der Waals surface area contributed by atoms with E-state index in [1.807, 2.05) is 36.6 Å². The molecule has 1 rings (SSSR count). The van der Waals surface area contributed by atoms with E-state index in [0.717, 1.165) is 24.3 Å². The number of anilines is 1. The second-order valence-corrected chi connectivity index (χ2v) is 4.12. The van der Waals surface area contributed by atoms with Crippen LogP contribution in [-0.4, -0.2) is 19.9 Å². The summed E-state index contributed by atoms with van der Waals surface area (Å²) in [7, 11) is 1.79. The quantitative estimate of drug-likeness (QED) is 0.351. The van der Waals surface area contributed by atoms with Gasteiger partial charge in [-0.3, -0.25) is 4.99 Å². The lowest BCUT2D eigenvalue weighted by Gasteiger charge is -2.03. The topological polar surface area (TPSA) is 47.6 Å². The fourth-order valence-corrected chi connectivity index (χ4v) is 1.51. The highest BCUT2D eigenvalue weighted by Gasteiger charge is 1.91. The number of hydrogen-bond donors (Lipinski definition) is 1. The Labute approximate surface area is 115 Å². The lowest BCUT2D eigenvalue weighted by molar-refractivity contribution is 0.325. The molecule has 0 heterocycles. The summed E-state index contributed by atoms with van der Waals surface area (Å²) in [5.41, 5.74) is 7.58. The Morgan fingerprint density at radius 1 is 1.32 bits per heavy atom. The van der Waals surface area contributed by atoms with Crippen molar-refractivity contribution in [3.63, 3.8) is 0 Å². The Kier molecular flexibility index (Phi) is 7.10. The Bertz CT molecular complexity index is 444. The van der Waals surface area contributed by atoms with Crippen LogP contribution in [-0.2, 0) is 0 Å². The van der Waals surface area contributed by atoms with E-state index < -0.39 is 0 Å². The summed E-state index contributed by atoms with van der Waals surface area (Å²) in [6.07, 6.45) is 9.97. The number of nitrogens with two attached hydrogens (primary N) is 1. The minimum absolute atomic E-state index is 0.664. The van der Waals surface area contributed by atoms with Crippen molar-refractivity contribution in [2.75, 3.05) is 19.4 Å². The Morgan fingerprint density at radius 2 is 2.05 bits per heavy atom. The number of nitrogens with zero attached hydrogens (tertiary/aromatic N) is 1. The molecule has 1 aromatic rings. The van der Waals surface area contributed by atoms with Crippen LogP contribution in [0.4, 0.5) is 5.69 Å². The highest BCUT2D eigenvalue weighted by molar-refractivity contribution is 5.78. The molecule has 0 spiro atoms. The molecular weight excluding hydrogens is 236 g/mol. The van der Waals surface area contributed by atoms with Gasteiger partial charge in [0.05, 0.1) is 6.61 Å². The van der Waals surface area contributed by atoms with E-state index in [0.29, 0.717) is 6.61 Å². The molecule has 0 radical (unpaired) electrons. The van der Waals surface area contributed by atoms with Gasteiger partial charge in [-0.1, -0.05) is 25.2 Å². The molecule has 0 saturated heterocycles. The molecular formula is C16H22N2O. The number of rotatable bonds is 7. The summed E-state index contributed by atoms with van der Waals surface area (Å²) >= 11 is 0. The number of hydrogen-bond acceptors (Lipinski definition) is 3. The van der Waals surface area contributed by atoms with Crippen molar-refractivity contribution in [1.29, 1.82) is 0 Å². The normalized spacial score (nSPS) is 12.4. The third-order valence-corrected chi connectivity index (χ3v) is 2.58. The van der Waals surface area contributed by atoms with Crippen molar-refractivity contribution in [2.24, 2.45) is 4.99 Å². The van der Waals surface area contributed by atoms with Crippen LogP contribution in [0.15, 0.2) is 53.1 Å². The molecule has 2 N–H and O–H groups in total. The highest BCUT2D eigenvalue weighted by Crippen LogP contribution is 2.13. The number of benzene rings is 1. The Hall–Kier alpha value is -2.03. The fraction of sp³-hybridized carbons (Fsp3) is 0.312. The standard InChI is InChI=1S/C16H22N2O/c1-3-14(13-18-2)7-5-4-6-12-19-16-10-8-15(17)9-11-16/h4-5,7-11,13H,3,6,12,17H2,1-2H3/b5-4+,14-7-,18-13?. The molecule has 0 amide bonds. The first-order valence-corrected chi connectivity index (χ1v) is 6.52. The minimum atomic E-state index is 0.664. The van der Waals surface area contributed by atoms with E-state index in [9.17, 15) is 0 Å². The molecule has 0 fully saturated rings. The van der Waals surface area contributed by atoms with Gasteiger partial charge in [-0.2, -0.15) is 0 Å². The van der Waals surface area contributed by atoms with Crippen molar-refractivity contribution >= 4 is 11.9 Å². The molecule has 0 atom stereocenters. The van der Waals surface area contributed by atoms with Gasteiger partial charge in [-0.25, -0.2) is 0 Å². The first-order chi connectivity index (χ1) is 9.26. The predicted molar refractivity (Wildman–Crippen MR) is 82.9 cm³/mol. The Morgan fingerprint density at radius 3 is 2.68 bits per heavy atom. The molecule has 3 heteroatoms. The van der Waals surface area contributed by atoms with E-state index >= 15 is 0 Å². The first kappa shape index (κ1) is 15.0. The molecule has 102 valence electrons. The van der Waals surface area contributed by atoms with Crippen LogP contribution in [0.25, 0.3) is 0 Å². The van der Waals surface area contributed by atoms with Gasteiger partial charge in [0.15, 0.2) is 0 Å². The largest absolute Gasteiger partial charge is 0.493 e. The predicted octanol–water partition coefficient (Wildman–Crippen LogP) is 3.63. The summed E-state index contributed by atoms with van der Waals surface area (Å²) in [4.78, 5) is 4.01. The zero-order valence-corrected chi connectivity index (χ0v) is 11.7. The molecule has 0 bridgehead atoms. The van der Waals surface area contributed by atoms with Gasteiger partial charge in [0.25, 0.3) is 0 Å². The SMILES string of the molecule is CC/C(C=NC)=C/C=C/CCOc1ccc(N)cc1. The summed E-state index contributed by atoms with van der Waals surface area (Å²) in [6.45, 7) is 2.78. The molecule has 0 unspecified atom stereocenters. The molecule has 3 nitrogen and oxygen atoms in total. The average molecular weight is 258 g/mol. The van der Waals surface area contributed by atoms with Gasteiger partial charge >= 0.3 is 0 Å². The van der Waals surface area contributed by atoms with E-state index in [2.05, 4.69) is 24.1 Å². The van der Waals surface area contributed by atoms with Crippen LogP contribution in [0.5, 0.6) is 5.75 Å². The molecule has 0 aliphatic carbocycles. The third-order valence-electron chi connectivity index (χ3n) is 2.58. The van der Waals surface area contributed by atoms with Crippen LogP contribution < -0.4 is 10.5 Å². The third kappa shape index (κ3) is 6.46. The lowest BCUT2D eigenvalue weighted by atomic mass is 10.2. The molecule has 0 aliphatic rings. The van der Waals surface area contributed by atoms with E-state index in [1.54, 1.807) is 7.05 Å². The zero-order chi connectivity index (χ0) is 13.9. The summed E-state index contributed by atoms with van der Waals surface area (Å²) in [5.74, 6) is 0.852. The van der Waals surface area contributed by atoms with Crippen molar-refractivity contribution in [1.82, 2.24) is 0 Å². The smallest absolute Gasteiger partial charge is 0.119 e. The van der Waals surface area contributed by atoms with Crippen molar-refractivity contribution in [3.8, 4) is 5.75 Å². The van der Waals surface area contributed by atoms with Gasteiger partial charge < -0.3 is 10.5 Å². The second kappa shape index (κ2) is 8.97. The number of nitrogen functional groups attached to an aromatic ring is 1. The van der Waals surface area contributed by atoms with Crippen LogP contribution in [0.2, 0.25) is 0 Å². The monoisotopic (exact) mass is 258 g/mol. The molecule has 0 saturated carbocycles. The van der Waals surface area contributed by atoms with Crippen molar-refractivity contribution in [2.45, 2.75) is 19.8 Å². The number of allylic oxidation sites excluding steroid dienone is 3. The number of aliphatic imine (C=N–C) groups is 1. The summed E-state index contributed by atoms with van der Waals surface area (Å²) in [6, 6.07) is 7.44. The summed E-state index contributed by atoms with van der Waals surface area (Å²) < 4.78 is 5.59. The van der Waals surface area contributed by atoms with Gasteiger partial charge in [-0.05, 0) is 42.7 Å². The van der Waals surface area contributed by atoms with Gasteiger partial charge in [0, 0.05) is 18.9 Å². The molecule has 1 aromatic carbocycles. The van der Waals surface area contributed by atoms with Crippen LogP contribution in [0, 0.1) is 0 Å².